The zero-order valence-electron chi connectivity index (χ0n) is 10.4. The van der Waals surface area contributed by atoms with Crippen LogP contribution < -0.4 is 5.32 Å². The molecular formula is C12H15Br2NO3S. The molecule has 106 valence electrons. The van der Waals surface area contributed by atoms with E-state index in [0.717, 1.165) is 12.8 Å². The van der Waals surface area contributed by atoms with Gasteiger partial charge in [-0.25, -0.2) is 8.42 Å². The van der Waals surface area contributed by atoms with Gasteiger partial charge < -0.3 is 5.32 Å². The van der Waals surface area contributed by atoms with Crippen LogP contribution in [-0.2, 0) is 14.6 Å². The van der Waals surface area contributed by atoms with Crippen molar-refractivity contribution >= 4 is 47.6 Å². The molecule has 0 aliphatic rings. The van der Waals surface area contributed by atoms with E-state index in [9.17, 15) is 13.2 Å². The molecule has 0 unspecified atom stereocenters. The molecule has 0 fully saturated rings. The molecule has 0 aromatic heterocycles. The van der Waals surface area contributed by atoms with Crippen LogP contribution in [0.5, 0.6) is 0 Å². The lowest BCUT2D eigenvalue weighted by molar-refractivity contribution is -0.119. The van der Waals surface area contributed by atoms with E-state index in [1.54, 1.807) is 18.2 Å². The summed E-state index contributed by atoms with van der Waals surface area (Å²) in [5.74, 6) is -0.621. The van der Waals surface area contributed by atoms with E-state index in [-0.39, 0.29) is 4.90 Å². The Morgan fingerprint density at radius 3 is 2.37 bits per heavy atom. The van der Waals surface area contributed by atoms with Gasteiger partial charge in [0.25, 0.3) is 8.47 Å². The summed E-state index contributed by atoms with van der Waals surface area (Å²) in [6.45, 7) is 2.43. The van der Waals surface area contributed by atoms with Crippen molar-refractivity contribution in [2.75, 3.05) is 6.54 Å². The highest BCUT2D eigenvalue weighted by molar-refractivity contribution is 9.28. The quantitative estimate of drug-likeness (QED) is 0.577. The van der Waals surface area contributed by atoms with Crippen LogP contribution in [0.25, 0.3) is 0 Å². The topological polar surface area (TPSA) is 63.2 Å². The standard InChI is InChI=1S/C12H15Br2NO3S/c1-2-3-9-15-11(16)12(13,14)19(17,18)10-7-5-4-6-8-10/h4-8H,2-3,9H2,1H3,(H,15,16). The number of rotatable bonds is 6. The number of unbranched alkanes of at least 4 members (excludes halogenated alkanes) is 1. The molecule has 0 bridgehead atoms. The number of carbonyl (C=O) groups is 1. The number of alkyl halides is 2. The minimum absolute atomic E-state index is 0.0781. The Balaban J connectivity index is 2.96. The Labute approximate surface area is 130 Å². The van der Waals surface area contributed by atoms with E-state index in [4.69, 9.17) is 0 Å². The lowest BCUT2D eigenvalue weighted by Gasteiger charge is -2.20. The van der Waals surface area contributed by atoms with Gasteiger partial charge in [-0.2, -0.15) is 0 Å². The number of hydrogen-bond donors (Lipinski definition) is 1. The van der Waals surface area contributed by atoms with Crippen molar-refractivity contribution in [2.24, 2.45) is 0 Å². The Kier molecular flexibility index (Phi) is 6.01. The highest BCUT2D eigenvalue weighted by atomic mass is 79.9. The number of hydrogen-bond acceptors (Lipinski definition) is 3. The fraction of sp³-hybridized carbons (Fsp3) is 0.417. The van der Waals surface area contributed by atoms with Crippen molar-refractivity contribution in [1.29, 1.82) is 0 Å². The summed E-state index contributed by atoms with van der Waals surface area (Å²) in [5.41, 5.74) is 0. The van der Waals surface area contributed by atoms with Gasteiger partial charge in [0.1, 0.15) is 0 Å². The monoisotopic (exact) mass is 411 g/mol. The Hall–Kier alpha value is -0.400. The SMILES string of the molecule is CCCCNC(=O)C(Br)(Br)S(=O)(=O)c1ccccc1. The molecule has 1 aromatic rings. The van der Waals surface area contributed by atoms with Gasteiger partial charge in [-0.15, -0.1) is 0 Å². The first-order valence-electron chi connectivity index (χ1n) is 5.80. The molecule has 0 radical (unpaired) electrons. The maximum absolute atomic E-state index is 12.4. The molecule has 0 heterocycles. The van der Waals surface area contributed by atoms with Gasteiger partial charge in [0.05, 0.1) is 4.90 Å². The molecular weight excluding hydrogens is 398 g/mol. The number of carbonyl (C=O) groups excluding carboxylic acids is 1. The van der Waals surface area contributed by atoms with Crippen molar-refractivity contribution < 1.29 is 13.2 Å². The first-order valence-corrected chi connectivity index (χ1v) is 8.86. The van der Waals surface area contributed by atoms with E-state index in [1.165, 1.54) is 12.1 Å². The molecule has 19 heavy (non-hydrogen) atoms. The minimum atomic E-state index is -3.85. The van der Waals surface area contributed by atoms with E-state index in [0.29, 0.717) is 6.54 Å². The number of halogens is 2. The van der Waals surface area contributed by atoms with Crippen LogP contribution in [0.1, 0.15) is 19.8 Å². The predicted molar refractivity (Wildman–Crippen MR) is 82.1 cm³/mol. The van der Waals surface area contributed by atoms with Crippen LogP contribution in [0.4, 0.5) is 0 Å². The molecule has 1 aromatic carbocycles. The van der Waals surface area contributed by atoms with Gasteiger partial charge in [0, 0.05) is 6.54 Å². The zero-order valence-corrected chi connectivity index (χ0v) is 14.4. The second-order valence-corrected chi connectivity index (χ2v) is 10.5. The maximum Gasteiger partial charge on any atom is 0.263 e. The lowest BCUT2D eigenvalue weighted by atomic mass is 10.3. The van der Waals surface area contributed by atoms with Gasteiger partial charge in [-0.05, 0) is 50.4 Å². The summed E-state index contributed by atoms with van der Waals surface area (Å²) >= 11 is 5.95. The fourth-order valence-corrected chi connectivity index (χ4v) is 3.88. The smallest absolute Gasteiger partial charge is 0.263 e. The van der Waals surface area contributed by atoms with Crippen molar-refractivity contribution in [3.63, 3.8) is 0 Å². The van der Waals surface area contributed by atoms with Crippen LogP contribution >= 0.6 is 31.9 Å². The predicted octanol–water partition coefficient (Wildman–Crippen LogP) is 2.82. The third-order valence-corrected chi connectivity index (χ3v) is 7.50. The summed E-state index contributed by atoms with van der Waals surface area (Å²) in [5, 5.41) is 2.59. The molecule has 1 N–H and O–H groups in total. The van der Waals surface area contributed by atoms with Crippen LogP contribution in [0.15, 0.2) is 35.2 Å². The molecule has 0 atom stereocenters. The van der Waals surface area contributed by atoms with Crippen molar-refractivity contribution in [2.45, 2.75) is 27.2 Å². The molecule has 1 rings (SSSR count). The maximum atomic E-state index is 12.4. The molecule has 0 saturated carbocycles. The van der Waals surface area contributed by atoms with Gasteiger partial charge in [0.2, 0.25) is 9.84 Å². The second kappa shape index (κ2) is 6.85. The van der Waals surface area contributed by atoms with Crippen LogP contribution in [0.2, 0.25) is 0 Å². The number of amides is 1. The molecule has 4 nitrogen and oxygen atoms in total. The summed E-state index contributed by atoms with van der Waals surface area (Å²) in [6, 6.07) is 7.83. The second-order valence-electron chi connectivity index (χ2n) is 3.94. The van der Waals surface area contributed by atoms with E-state index < -0.39 is 18.3 Å². The number of benzene rings is 1. The van der Waals surface area contributed by atoms with Crippen LogP contribution in [-0.4, -0.2) is 23.4 Å². The summed E-state index contributed by atoms with van der Waals surface area (Å²) < 4.78 is 22.9. The van der Waals surface area contributed by atoms with Gasteiger partial charge in [-0.3, -0.25) is 4.79 Å². The fourth-order valence-electron chi connectivity index (χ4n) is 1.35. The normalized spacial score (nSPS) is 12.2. The molecule has 0 spiro atoms. The zero-order chi connectivity index (χ0) is 14.5. The van der Waals surface area contributed by atoms with E-state index >= 15 is 0 Å². The average molecular weight is 413 g/mol. The largest absolute Gasteiger partial charge is 0.353 e. The molecule has 0 saturated heterocycles. The highest BCUT2D eigenvalue weighted by Gasteiger charge is 2.47. The third-order valence-electron chi connectivity index (χ3n) is 2.47. The first-order chi connectivity index (χ1) is 8.84. The third kappa shape index (κ3) is 3.79. The van der Waals surface area contributed by atoms with Gasteiger partial charge in [-0.1, -0.05) is 31.5 Å². The minimum Gasteiger partial charge on any atom is -0.353 e. The van der Waals surface area contributed by atoms with E-state index in [1.807, 2.05) is 6.92 Å². The van der Waals surface area contributed by atoms with Gasteiger partial charge in [0.15, 0.2) is 0 Å². The van der Waals surface area contributed by atoms with Crippen molar-refractivity contribution in [3.05, 3.63) is 30.3 Å². The summed E-state index contributed by atoms with van der Waals surface area (Å²) in [4.78, 5) is 12.1. The van der Waals surface area contributed by atoms with Crippen molar-refractivity contribution in [3.8, 4) is 0 Å². The molecule has 7 heteroatoms. The first kappa shape index (κ1) is 16.7. The highest BCUT2D eigenvalue weighted by Crippen LogP contribution is 2.37. The summed E-state index contributed by atoms with van der Waals surface area (Å²) in [6.07, 6.45) is 1.72. The van der Waals surface area contributed by atoms with Crippen LogP contribution in [0, 0.1) is 0 Å². The van der Waals surface area contributed by atoms with Crippen LogP contribution in [0.3, 0.4) is 0 Å². The Morgan fingerprint density at radius 1 is 1.26 bits per heavy atom. The Morgan fingerprint density at radius 2 is 1.84 bits per heavy atom. The lowest BCUT2D eigenvalue weighted by Crippen LogP contribution is -2.43. The molecule has 0 aliphatic heterocycles. The van der Waals surface area contributed by atoms with Gasteiger partial charge >= 0.3 is 0 Å². The average Bonchev–Trinajstić information content (AvgIpc) is 2.39. The Bertz CT molecular complexity index is 529. The number of nitrogens with one attached hydrogen (secondary N) is 1. The molecule has 0 aliphatic carbocycles. The summed E-state index contributed by atoms with van der Waals surface area (Å²) in [7, 11) is -3.85. The van der Waals surface area contributed by atoms with Crippen molar-refractivity contribution in [1.82, 2.24) is 5.32 Å². The number of sulfone groups is 1. The molecule has 1 amide bonds. The van der Waals surface area contributed by atoms with E-state index in [2.05, 4.69) is 37.2 Å².